The Morgan fingerprint density at radius 1 is 0.741 bits per heavy atom. The first kappa shape index (κ1) is 20.7. The quantitative estimate of drug-likeness (QED) is 0.708. The molecule has 4 nitrogen and oxygen atoms in total. The van der Waals surface area contributed by atoms with E-state index in [1.807, 2.05) is 51.1 Å². The zero-order valence-electron chi connectivity index (χ0n) is 17.4. The molecule has 2 aromatic carbocycles. The number of carbonyl (C=O) groups excluding carboxylic acids is 2. The van der Waals surface area contributed by atoms with E-state index in [9.17, 15) is 9.59 Å². The van der Waals surface area contributed by atoms with Gasteiger partial charge < -0.3 is 10.6 Å². The van der Waals surface area contributed by atoms with Gasteiger partial charge in [0.1, 0.15) is 0 Å². The van der Waals surface area contributed by atoms with Gasteiger partial charge in [0.05, 0.1) is 0 Å². The minimum absolute atomic E-state index is 0.239. The van der Waals surface area contributed by atoms with Crippen molar-refractivity contribution in [2.24, 2.45) is 0 Å². The predicted octanol–water partition coefficient (Wildman–Crippen LogP) is 5.44. The van der Waals surface area contributed by atoms with Crippen LogP contribution < -0.4 is 10.6 Å². The van der Waals surface area contributed by atoms with E-state index in [2.05, 4.69) is 38.3 Å². The van der Waals surface area contributed by atoms with Crippen molar-refractivity contribution in [2.75, 3.05) is 10.6 Å². The van der Waals surface area contributed by atoms with Crippen LogP contribution in [0, 0.1) is 20.8 Å². The van der Waals surface area contributed by atoms with E-state index in [0.29, 0.717) is 5.69 Å². The summed E-state index contributed by atoms with van der Waals surface area (Å²) >= 11 is 0. The van der Waals surface area contributed by atoms with Crippen molar-refractivity contribution in [3.63, 3.8) is 0 Å². The Morgan fingerprint density at radius 3 is 1.56 bits per heavy atom. The number of amides is 2. The first-order chi connectivity index (χ1) is 12.6. The lowest BCUT2D eigenvalue weighted by Gasteiger charge is -2.20. The number of benzene rings is 2. The Labute approximate surface area is 162 Å². The van der Waals surface area contributed by atoms with Crippen molar-refractivity contribution in [2.45, 2.75) is 60.3 Å². The average Bonchev–Trinajstić information content (AvgIpc) is 2.57. The third-order valence-electron chi connectivity index (χ3n) is 4.73. The average molecular weight is 367 g/mol. The fourth-order valence-electron chi connectivity index (χ4n) is 3.41. The molecule has 0 spiro atoms. The Bertz CT molecular complexity index is 817. The van der Waals surface area contributed by atoms with E-state index in [-0.39, 0.29) is 11.8 Å². The summed E-state index contributed by atoms with van der Waals surface area (Å²) in [5.41, 5.74) is 6.52. The van der Waals surface area contributed by atoms with Gasteiger partial charge in [-0.25, -0.2) is 0 Å². The summed E-state index contributed by atoms with van der Waals surface area (Å²) in [4.78, 5) is 25.2. The number of hydrogen-bond donors (Lipinski definition) is 2. The molecule has 0 unspecified atom stereocenters. The van der Waals surface area contributed by atoms with E-state index < -0.39 is 11.8 Å². The van der Waals surface area contributed by atoms with Gasteiger partial charge in [0, 0.05) is 11.4 Å². The molecule has 0 aromatic heterocycles. The van der Waals surface area contributed by atoms with Crippen LogP contribution in [-0.4, -0.2) is 11.8 Å². The van der Waals surface area contributed by atoms with Crippen LogP contribution in [0.2, 0.25) is 0 Å². The molecule has 2 amide bonds. The molecule has 0 radical (unpaired) electrons. The first-order valence-electron chi connectivity index (χ1n) is 9.44. The van der Waals surface area contributed by atoms with Gasteiger partial charge in [0.2, 0.25) is 0 Å². The topological polar surface area (TPSA) is 58.2 Å². The first-order valence-corrected chi connectivity index (χ1v) is 9.44. The fraction of sp³-hybridized carbons (Fsp3) is 0.391. The summed E-state index contributed by atoms with van der Waals surface area (Å²) in [6, 6.07) is 9.98. The zero-order valence-corrected chi connectivity index (χ0v) is 17.4. The highest BCUT2D eigenvalue weighted by Crippen LogP contribution is 2.32. The maximum absolute atomic E-state index is 12.6. The molecule has 144 valence electrons. The van der Waals surface area contributed by atoms with Gasteiger partial charge in [0.15, 0.2) is 0 Å². The number of para-hydroxylation sites is 1. The van der Waals surface area contributed by atoms with Gasteiger partial charge >= 0.3 is 11.8 Å². The molecule has 27 heavy (non-hydrogen) atoms. The van der Waals surface area contributed by atoms with E-state index in [1.54, 1.807) is 0 Å². The summed E-state index contributed by atoms with van der Waals surface area (Å²) in [6.07, 6.45) is 0. The zero-order chi connectivity index (χ0) is 20.3. The second kappa shape index (κ2) is 8.38. The standard InChI is InChI=1S/C23H30N2O2/c1-13(2)18-9-8-10-19(14(3)4)21(18)25-23(27)22(26)24-20-16(6)11-15(5)12-17(20)7/h8-14H,1-7H3,(H,24,26)(H,25,27). The monoisotopic (exact) mass is 366 g/mol. The summed E-state index contributed by atoms with van der Waals surface area (Å²) < 4.78 is 0. The molecule has 2 aromatic rings. The number of nitrogens with one attached hydrogen (secondary N) is 2. The lowest BCUT2D eigenvalue weighted by molar-refractivity contribution is -0.133. The van der Waals surface area contributed by atoms with Crippen LogP contribution >= 0.6 is 0 Å². The Hall–Kier alpha value is -2.62. The lowest BCUT2D eigenvalue weighted by Crippen LogP contribution is -2.30. The van der Waals surface area contributed by atoms with Crippen molar-refractivity contribution >= 4 is 23.2 Å². The van der Waals surface area contributed by atoms with Crippen LogP contribution in [0.4, 0.5) is 11.4 Å². The number of carbonyl (C=O) groups is 2. The molecular formula is C23H30N2O2. The molecule has 2 N–H and O–H groups in total. The van der Waals surface area contributed by atoms with Crippen molar-refractivity contribution < 1.29 is 9.59 Å². The molecule has 2 rings (SSSR count). The van der Waals surface area contributed by atoms with Crippen LogP contribution in [0.25, 0.3) is 0 Å². The summed E-state index contributed by atoms with van der Waals surface area (Å²) in [6.45, 7) is 14.2. The Morgan fingerprint density at radius 2 is 1.15 bits per heavy atom. The molecule has 0 saturated carbocycles. The van der Waals surface area contributed by atoms with E-state index in [1.165, 1.54) is 0 Å². The molecule has 0 atom stereocenters. The summed E-state index contributed by atoms with van der Waals surface area (Å²) in [5, 5.41) is 5.63. The Balaban J connectivity index is 2.29. The molecular weight excluding hydrogens is 336 g/mol. The number of aryl methyl sites for hydroxylation is 3. The van der Waals surface area contributed by atoms with Crippen molar-refractivity contribution in [3.8, 4) is 0 Å². The van der Waals surface area contributed by atoms with E-state index in [4.69, 9.17) is 0 Å². The van der Waals surface area contributed by atoms with E-state index in [0.717, 1.165) is 33.5 Å². The van der Waals surface area contributed by atoms with E-state index >= 15 is 0 Å². The largest absolute Gasteiger partial charge is 0.317 e. The molecule has 0 aliphatic heterocycles. The molecule has 0 saturated heterocycles. The van der Waals surface area contributed by atoms with Crippen molar-refractivity contribution in [1.82, 2.24) is 0 Å². The minimum Gasteiger partial charge on any atom is -0.317 e. The molecule has 0 aliphatic carbocycles. The SMILES string of the molecule is Cc1cc(C)c(NC(=O)C(=O)Nc2c(C(C)C)cccc2C(C)C)c(C)c1. The highest BCUT2D eigenvalue weighted by Gasteiger charge is 2.21. The minimum atomic E-state index is -0.654. The van der Waals surface area contributed by atoms with Gasteiger partial charge in [0.25, 0.3) is 0 Å². The van der Waals surface area contributed by atoms with Crippen molar-refractivity contribution in [1.29, 1.82) is 0 Å². The van der Waals surface area contributed by atoms with Gasteiger partial charge in [-0.2, -0.15) is 0 Å². The Kier molecular flexibility index (Phi) is 6.42. The highest BCUT2D eigenvalue weighted by atomic mass is 16.2. The van der Waals surface area contributed by atoms with Crippen LogP contribution in [-0.2, 0) is 9.59 Å². The molecule has 0 bridgehead atoms. The third kappa shape index (κ3) is 4.76. The van der Waals surface area contributed by atoms with Crippen molar-refractivity contribution in [3.05, 3.63) is 58.1 Å². The maximum Gasteiger partial charge on any atom is 0.314 e. The second-order valence-electron chi connectivity index (χ2n) is 7.80. The van der Waals surface area contributed by atoms with Gasteiger partial charge in [-0.05, 0) is 54.9 Å². The fourth-order valence-corrected chi connectivity index (χ4v) is 3.41. The van der Waals surface area contributed by atoms with Crippen LogP contribution in [0.3, 0.4) is 0 Å². The van der Waals surface area contributed by atoms with Gasteiger partial charge in [-0.15, -0.1) is 0 Å². The van der Waals surface area contributed by atoms with Crippen LogP contribution in [0.15, 0.2) is 30.3 Å². The normalized spacial score (nSPS) is 11.0. The van der Waals surface area contributed by atoms with Gasteiger partial charge in [-0.3, -0.25) is 9.59 Å². The molecule has 4 heteroatoms. The highest BCUT2D eigenvalue weighted by molar-refractivity contribution is 6.44. The molecule has 0 heterocycles. The summed E-state index contributed by atoms with van der Waals surface area (Å²) in [5.74, 6) is -0.824. The van der Waals surface area contributed by atoms with Gasteiger partial charge in [-0.1, -0.05) is 63.6 Å². The predicted molar refractivity (Wildman–Crippen MR) is 113 cm³/mol. The van der Waals surface area contributed by atoms with Crippen LogP contribution in [0.5, 0.6) is 0 Å². The molecule has 0 fully saturated rings. The summed E-state index contributed by atoms with van der Waals surface area (Å²) in [7, 11) is 0. The van der Waals surface area contributed by atoms with Crippen LogP contribution in [0.1, 0.15) is 67.3 Å². The smallest absolute Gasteiger partial charge is 0.314 e. The second-order valence-corrected chi connectivity index (χ2v) is 7.80. The number of hydrogen-bond acceptors (Lipinski definition) is 2. The third-order valence-corrected chi connectivity index (χ3v) is 4.73. The molecule has 0 aliphatic rings. The number of anilines is 2. The number of rotatable bonds is 4. The maximum atomic E-state index is 12.6. The lowest BCUT2D eigenvalue weighted by atomic mass is 9.92.